The zero-order valence-electron chi connectivity index (χ0n) is 28.2. The summed E-state index contributed by atoms with van der Waals surface area (Å²) in [4.78, 5) is 40.9. The molecule has 3 aromatic rings. The molecule has 0 radical (unpaired) electrons. The molecule has 0 saturated carbocycles. The van der Waals surface area contributed by atoms with E-state index in [0.29, 0.717) is 55.7 Å². The second-order valence-corrected chi connectivity index (χ2v) is 14.4. The predicted molar refractivity (Wildman–Crippen MR) is 186 cm³/mol. The lowest BCUT2D eigenvalue weighted by Crippen LogP contribution is -2.44. The molecule has 1 aliphatic carbocycles. The summed E-state index contributed by atoms with van der Waals surface area (Å²) in [7, 11) is -2.01. The number of carbonyl (C=O) groups is 3. The van der Waals surface area contributed by atoms with Crippen molar-refractivity contribution < 1.29 is 32.3 Å². The normalized spacial score (nSPS) is 16.4. The molecule has 4 rings (SSSR count). The van der Waals surface area contributed by atoms with Crippen LogP contribution in [0.15, 0.2) is 71.6 Å². The second-order valence-electron chi connectivity index (χ2n) is 12.4. The number of methoxy groups -OCH3 is 1. The van der Waals surface area contributed by atoms with Crippen molar-refractivity contribution in [1.29, 1.82) is 0 Å². The Morgan fingerprint density at radius 2 is 1.71 bits per heavy atom. The van der Waals surface area contributed by atoms with Crippen molar-refractivity contribution in [3.8, 4) is 5.75 Å². The minimum Gasteiger partial charge on any atom is -0.488 e. The third-order valence-electron chi connectivity index (χ3n) is 8.81. The zero-order chi connectivity index (χ0) is 34.8. The Bertz CT molecular complexity index is 1680. The van der Waals surface area contributed by atoms with E-state index < -0.39 is 21.8 Å². The van der Waals surface area contributed by atoms with Crippen LogP contribution in [0.2, 0.25) is 0 Å². The topological polar surface area (TPSA) is 145 Å². The Morgan fingerprint density at radius 3 is 2.33 bits per heavy atom. The average molecular weight is 678 g/mol. The van der Waals surface area contributed by atoms with Gasteiger partial charge in [-0.05, 0) is 79.1 Å². The summed E-state index contributed by atoms with van der Waals surface area (Å²) in [6.45, 7) is 3.86. The number of carbonyl (C=O) groups excluding carboxylic acids is 3. The third kappa shape index (κ3) is 9.23. The first-order valence-corrected chi connectivity index (χ1v) is 18.4. The fourth-order valence-corrected chi connectivity index (χ4v) is 7.06. The molecule has 3 atom stereocenters. The largest absolute Gasteiger partial charge is 0.488 e. The van der Waals surface area contributed by atoms with Gasteiger partial charge in [0.15, 0.2) is 9.84 Å². The van der Waals surface area contributed by atoms with Gasteiger partial charge in [0.25, 0.3) is 0 Å². The number of nitrogens with one attached hydrogen (secondary N) is 1. The van der Waals surface area contributed by atoms with Crippen molar-refractivity contribution in [2.24, 2.45) is 5.73 Å². The smallest absolute Gasteiger partial charge is 0.341 e. The summed E-state index contributed by atoms with van der Waals surface area (Å²) in [5.41, 5.74) is 10.1. The van der Waals surface area contributed by atoms with Gasteiger partial charge in [0.05, 0.1) is 18.0 Å². The van der Waals surface area contributed by atoms with Crippen molar-refractivity contribution >= 4 is 33.3 Å². The van der Waals surface area contributed by atoms with E-state index in [1.165, 1.54) is 26.2 Å². The molecule has 0 heterocycles. The summed E-state index contributed by atoms with van der Waals surface area (Å²) in [6, 6.07) is 18.8. The zero-order valence-corrected chi connectivity index (χ0v) is 29.1. The lowest BCUT2D eigenvalue weighted by atomic mass is 9.81. The Kier molecular flexibility index (Phi) is 12.8. The van der Waals surface area contributed by atoms with Gasteiger partial charge >= 0.3 is 5.97 Å². The molecular formula is C37H47N3O7S. The van der Waals surface area contributed by atoms with Crippen molar-refractivity contribution in [2.75, 3.05) is 18.3 Å². The molecule has 48 heavy (non-hydrogen) atoms. The van der Waals surface area contributed by atoms with Crippen LogP contribution in [0.25, 0.3) is 0 Å². The summed E-state index contributed by atoms with van der Waals surface area (Å²) >= 11 is 0. The van der Waals surface area contributed by atoms with Crippen LogP contribution in [-0.2, 0) is 37.2 Å². The Balaban J connectivity index is 1.41. The van der Waals surface area contributed by atoms with Crippen LogP contribution in [0.3, 0.4) is 0 Å². The number of rotatable bonds is 15. The molecule has 0 bridgehead atoms. The highest BCUT2D eigenvalue weighted by molar-refractivity contribution is 7.90. The number of benzene rings is 3. The SMILES string of the molecule is CCC[C@@H](CCCCC(=O)NC1c2ccc(OCc3ccccc3)c(C(=O)OC)c2CCC1N)N(C(C)=O)c1ccc(S(C)(=O)=O)cc1. The third-order valence-corrected chi connectivity index (χ3v) is 9.93. The first kappa shape index (κ1) is 36.6. The van der Waals surface area contributed by atoms with E-state index in [0.717, 1.165) is 35.8 Å². The van der Waals surface area contributed by atoms with Crippen LogP contribution in [0, 0.1) is 0 Å². The highest BCUT2D eigenvalue weighted by Crippen LogP contribution is 2.37. The van der Waals surface area contributed by atoms with Crippen LogP contribution in [-0.4, -0.2) is 51.7 Å². The fourth-order valence-electron chi connectivity index (χ4n) is 6.43. The first-order valence-electron chi connectivity index (χ1n) is 16.5. The standard InChI is InChI=1S/C37H47N3O7S/c1-5-11-27(40(25(2)41)28-16-18-29(19-17-28)48(4,44)45)14-9-10-15-34(42)39-36-31-21-23-33(47-24-26-12-7-6-8-13-26)35(37(43)46-3)30(31)20-22-32(36)38/h6-8,12-13,16-19,21,23,27,32,36H,5,9-11,14-15,20,22,24,38H2,1-4H3,(H,39,42)/t27-,32?,36?/m0/s1. The van der Waals surface area contributed by atoms with Crippen molar-refractivity contribution in [3.63, 3.8) is 0 Å². The number of sulfone groups is 1. The van der Waals surface area contributed by atoms with Gasteiger partial charge in [0.2, 0.25) is 11.8 Å². The van der Waals surface area contributed by atoms with Crippen molar-refractivity contribution in [3.05, 3.63) is 89.0 Å². The fraction of sp³-hybridized carbons (Fsp3) is 0.432. The van der Waals surface area contributed by atoms with Gasteiger partial charge in [-0.15, -0.1) is 0 Å². The molecule has 2 unspecified atom stereocenters. The van der Waals surface area contributed by atoms with Gasteiger partial charge in [-0.25, -0.2) is 13.2 Å². The molecule has 11 heteroatoms. The van der Waals surface area contributed by atoms with Crippen LogP contribution in [0.1, 0.15) is 91.9 Å². The van der Waals surface area contributed by atoms with Crippen LogP contribution >= 0.6 is 0 Å². The van der Waals surface area contributed by atoms with Gasteiger partial charge in [-0.3, -0.25) is 9.59 Å². The molecule has 1 aliphatic rings. The van der Waals surface area contributed by atoms with Crippen molar-refractivity contribution in [1.82, 2.24) is 5.32 Å². The molecule has 3 aromatic carbocycles. The number of anilines is 1. The molecule has 0 fully saturated rings. The summed E-state index contributed by atoms with van der Waals surface area (Å²) < 4.78 is 35.0. The van der Waals surface area contributed by atoms with E-state index in [1.807, 2.05) is 36.4 Å². The van der Waals surface area contributed by atoms with Gasteiger partial charge in [0, 0.05) is 37.4 Å². The number of fused-ring (bicyclic) bond motifs is 1. The number of hydrogen-bond donors (Lipinski definition) is 2. The maximum Gasteiger partial charge on any atom is 0.341 e. The van der Waals surface area contributed by atoms with Crippen LogP contribution in [0.5, 0.6) is 5.75 Å². The highest BCUT2D eigenvalue weighted by atomic mass is 32.2. The maximum absolute atomic E-state index is 13.2. The molecule has 0 aromatic heterocycles. The van der Waals surface area contributed by atoms with Gasteiger partial charge in [-0.2, -0.15) is 0 Å². The van der Waals surface area contributed by atoms with Crippen LogP contribution < -0.4 is 20.7 Å². The molecule has 0 spiro atoms. The molecular weight excluding hydrogens is 630 g/mol. The van der Waals surface area contributed by atoms with Crippen molar-refractivity contribution in [2.45, 2.75) is 94.8 Å². The number of nitrogens with zero attached hydrogens (tertiary/aromatic N) is 1. The number of nitrogens with two attached hydrogens (primary N) is 1. The lowest BCUT2D eigenvalue weighted by molar-refractivity contribution is -0.122. The second kappa shape index (κ2) is 16.7. The molecule has 0 saturated heterocycles. The Morgan fingerprint density at radius 1 is 1.00 bits per heavy atom. The summed E-state index contributed by atoms with van der Waals surface area (Å²) in [5, 5.41) is 3.11. The molecule has 258 valence electrons. The lowest BCUT2D eigenvalue weighted by Gasteiger charge is -2.33. The Hall–Kier alpha value is -4.22. The monoisotopic (exact) mass is 677 g/mol. The first-order chi connectivity index (χ1) is 22.9. The van der Waals surface area contributed by atoms with Gasteiger partial charge in [0.1, 0.15) is 17.9 Å². The molecule has 2 amide bonds. The number of hydrogen-bond acceptors (Lipinski definition) is 8. The van der Waals surface area contributed by atoms with E-state index in [9.17, 15) is 22.8 Å². The van der Waals surface area contributed by atoms with Gasteiger partial charge in [-0.1, -0.05) is 56.2 Å². The number of esters is 1. The van der Waals surface area contributed by atoms with Crippen LogP contribution in [0.4, 0.5) is 5.69 Å². The van der Waals surface area contributed by atoms with E-state index in [4.69, 9.17) is 15.2 Å². The van der Waals surface area contributed by atoms with E-state index in [2.05, 4.69) is 12.2 Å². The Labute approximate surface area is 283 Å². The van der Waals surface area contributed by atoms with E-state index in [1.54, 1.807) is 23.1 Å². The number of unbranched alkanes of at least 4 members (excludes halogenated alkanes) is 1. The van der Waals surface area contributed by atoms with E-state index in [-0.39, 0.29) is 35.2 Å². The molecule has 10 nitrogen and oxygen atoms in total. The maximum atomic E-state index is 13.2. The minimum atomic E-state index is -3.35. The van der Waals surface area contributed by atoms with Gasteiger partial charge < -0.3 is 25.4 Å². The molecule has 3 N–H and O–H groups in total. The summed E-state index contributed by atoms with van der Waals surface area (Å²) in [5.74, 6) is -0.331. The predicted octanol–water partition coefficient (Wildman–Crippen LogP) is 5.67. The molecule has 0 aliphatic heterocycles. The highest BCUT2D eigenvalue weighted by Gasteiger charge is 2.33. The number of ether oxygens (including phenoxy) is 2. The quantitative estimate of drug-likeness (QED) is 0.155. The average Bonchev–Trinajstić information content (AvgIpc) is 3.06. The minimum absolute atomic E-state index is 0.0895. The van der Waals surface area contributed by atoms with E-state index >= 15 is 0 Å². The summed E-state index contributed by atoms with van der Waals surface area (Å²) in [6.07, 6.45) is 6.21. The number of amides is 2.